The van der Waals surface area contributed by atoms with Gasteiger partial charge in [-0.3, -0.25) is 9.69 Å². The number of nitrogens with zero attached hydrogens (tertiary/aromatic N) is 1. The summed E-state index contributed by atoms with van der Waals surface area (Å²) < 4.78 is 5.62. The zero-order valence-corrected chi connectivity index (χ0v) is 14.0. The third kappa shape index (κ3) is 2.53. The monoisotopic (exact) mass is 321 g/mol. The summed E-state index contributed by atoms with van der Waals surface area (Å²) in [5.74, 6) is 1.54. The highest BCUT2D eigenvalue weighted by Gasteiger charge is 2.46. The number of hydrogen-bond donors (Lipinski definition) is 0. The van der Waals surface area contributed by atoms with Gasteiger partial charge in [-0.05, 0) is 37.6 Å². The van der Waals surface area contributed by atoms with Crippen molar-refractivity contribution in [3.05, 3.63) is 65.7 Å². The third-order valence-electron chi connectivity index (χ3n) is 5.57. The van der Waals surface area contributed by atoms with Crippen molar-refractivity contribution in [3.8, 4) is 5.75 Å². The smallest absolute Gasteiger partial charge is 0.154 e. The normalized spacial score (nSPS) is 27.0. The fourth-order valence-corrected chi connectivity index (χ4v) is 4.37. The number of ether oxygens (including phenoxy) is 1. The molecule has 0 aromatic heterocycles. The van der Waals surface area contributed by atoms with E-state index in [0.29, 0.717) is 5.78 Å². The van der Waals surface area contributed by atoms with Crippen LogP contribution in [0.4, 0.5) is 0 Å². The molecule has 5 rings (SSSR count). The van der Waals surface area contributed by atoms with E-state index in [1.165, 1.54) is 5.56 Å². The molecule has 3 saturated heterocycles. The van der Waals surface area contributed by atoms with E-state index in [4.69, 9.17) is 4.74 Å². The van der Waals surface area contributed by atoms with Crippen molar-refractivity contribution in [2.24, 2.45) is 5.92 Å². The van der Waals surface area contributed by atoms with Gasteiger partial charge in [-0.25, -0.2) is 0 Å². The molecule has 3 nitrogen and oxygen atoms in total. The molecule has 3 fully saturated rings. The Morgan fingerprint density at radius 1 is 1.00 bits per heavy atom. The van der Waals surface area contributed by atoms with Crippen LogP contribution in [-0.2, 0) is 4.79 Å². The highest BCUT2D eigenvalue weighted by atomic mass is 16.5. The second-order valence-electron chi connectivity index (χ2n) is 6.79. The van der Waals surface area contributed by atoms with Crippen LogP contribution in [0, 0.1) is 5.92 Å². The minimum atomic E-state index is -0.0730. The van der Waals surface area contributed by atoms with Gasteiger partial charge in [0.25, 0.3) is 0 Å². The summed E-state index contributed by atoms with van der Waals surface area (Å²) in [6.45, 7) is 2.05. The van der Waals surface area contributed by atoms with Crippen LogP contribution >= 0.6 is 0 Å². The number of para-hydroxylation sites is 1. The van der Waals surface area contributed by atoms with Gasteiger partial charge in [0, 0.05) is 17.4 Å². The maximum Gasteiger partial charge on any atom is 0.154 e. The van der Waals surface area contributed by atoms with E-state index in [1.54, 1.807) is 7.11 Å². The molecule has 24 heavy (non-hydrogen) atoms. The fourth-order valence-electron chi connectivity index (χ4n) is 4.37. The van der Waals surface area contributed by atoms with E-state index < -0.39 is 0 Å². The summed E-state index contributed by atoms with van der Waals surface area (Å²) in [6, 6.07) is 18.4. The van der Waals surface area contributed by atoms with Gasteiger partial charge in [-0.15, -0.1) is 0 Å². The number of Topliss-reactive ketones (excluding diaryl/α,β-unsaturated/α-hetero) is 1. The summed E-state index contributed by atoms with van der Waals surface area (Å²) in [6.07, 6.45) is 2.03. The molecule has 3 aliphatic heterocycles. The van der Waals surface area contributed by atoms with Gasteiger partial charge >= 0.3 is 0 Å². The molecule has 2 aromatic carbocycles. The van der Waals surface area contributed by atoms with Gasteiger partial charge in [0.2, 0.25) is 0 Å². The van der Waals surface area contributed by atoms with Crippen molar-refractivity contribution >= 4 is 5.78 Å². The zero-order valence-electron chi connectivity index (χ0n) is 14.0. The molecule has 2 atom stereocenters. The van der Waals surface area contributed by atoms with Crippen LogP contribution in [0.25, 0.3) is 0 Å². The molecule has 3 heterocycles. The molecule has 3 aliphatic rings. The van der Waals surface area contributed by atoms with E-state index in [1.807, 2.05) is 24.3 Å². The molecule has 3 heteroatoms. The number of piperidine rings is 3. The predicted octanol–water partition coefficient (Wildman–Crippen LogP) is 3.49. The van der Waals surface area contributed by atoms with Gasteiger partial charge in [0.05, 0.1) is 13.2 Å². The number of fused-ring (bicyclic) bond motifs is 3. The summed E-state index contributed by atoms with van der Waals surface area (Å²) in [7, 11) is 1.70. The van der Waals surface area contributed by atoms with Crippen LogP contribution in [-0.4, -0.2) is 36.9 Å². The molecule has 0 amide bonds. The van der Waals surface area contributed by atoms with E-state index in [0.717, 1.165) is 37.2 Å². The second-order valence-corrected chi connectivity index (χ2v) is 6.79. The highest BCUT2D eigenvalue weighted by Crippen LogP contribution is 2.42. The molecule has 124 valence electrons. The first kappa shape index (κ1) is 15.4. The van der Waals surface area contributed by atoms with Gasteiger partial charge < -0.3 is 4.74 Å². The Hall–Kier alpha value is -2.13. The van der Waals surface area contributed by atoms with E-state index in [9.17, 15) is 4.79 Å². The third-order valence-corrected chi connectivity index (χ3v) is 5.57. The van der Waals surface area contributed by atoms with E-state index >= 15 is 0 Å². The number of benzene rings is 2. The first-order valence-corrected chi connectivity index (χ1v) is 8.75. The molecule has 2 unspecified atom stereocenters. The van der Waals surface area contributed by atoms with Gasteiger partial charge in [0.15, 0.2) is 5.78 Å². The average molecular weight is 321 g/mol. The minimum Gasteiger partial charge on any atom is -0.496 e. The number of carbonyl (C=O) groups excluding carboxylic acids is 1. The second kappa shape index (κ2) is 6.40. The van der Waals surface area contributed by atoms with E-state index in [-0.39, 0.29) is 17.9 Å². The lowest BCUT2D eigenvalue weighted by atomic mass is 9.73. The molecular weight excluding hydrogens is 298 g/mol. The number of carbonyl (C=O) groups is 1. The van der Waals surface area contributed by atoms with Crippen LogP contribution in [0.15, 0.2) is 54.6 Å². The summed E-state index contributed by atoms with van der Waals surface area (Å²) >= 11 is 0. The molecule has 0 N–H and O–H groups in total. The zero-order chi connectivity index (χ0) is 16.5. The number of hydrogen-bond acceptors (Lipinski definition) is 3. The standard InChI is InChI=1S/C21H23NO2/c1-24-18-10-6-5-9-17(18)19(15-7-3-2-4-8-15)20-21(23)16-11-13-22(20)14-12-16/h2-10,16,19-20H,11-14H2,1H3. The lowest BCUT2D eigenvalue weighted by Crippen LogP contribution is -2.57. The Morgan fingerprint density at radius 2 is 1.67 bits per heavy atom. The van der Waals surface area contributed by atoms with Crippen molar-refractivity contribution in [2.45, 2.75) is 24.8 Å². The molecule has 0 saturated carbocycles. The minimum absolute atomic E-state index is 0.0259. The van der Waals surface area contributed by atoms with Crippen molar-refractivity contribution in [2.75, 3.05) is 20.2 Å². The van der Waals surface area contributed by atoms with Crippen LogP contribution in [0.3, 0.4) is 0 Å². The Bertz CT molecular complexity index is 720. The van der Waals surface area contributed by atoms with E-state index in [2.05, 4.69) is 35.2 Å². The Labute approximate surface area is 143 Å². The van der Waals surface area contributed by atoms with Gasteiger partial charge in [-0.2, -0.15) is 0 Å². The fraction of sp³-hybridized carbons (Fsp3) is 0.381. The quantitative estimate of drug-likeness (QED) is 0.863. The summed E-state index contributed by atoms with van der Waals surface area (Å²) in [5.41, 5.74) is 2.30. The molecule has 2 aromatic rings. The lowest BCUT2D eigenvalue weighted by Gasteiger charge is -2.47. The van der Waals surface area contributed by atoms with Crippen molar-refractivity contribution in [1.29, 1.82) is 0 Å². The predicted molar refractivity (Wildman–Crippen MR) is 94.4 cm³/mol. The maximum atomic E-state index is 13.1. The summed E-state index contributed by atoms with van der Waals surface area (Å²) in [5, 5.41) is 0. The Kier molecular flexibility index (Phi) is 4.11. The van der Waals surface area contributed by atoms with Crippen LogP contribution in [0.5, 0.6) is 5.75 Å². The van der Waals surface area contributed by atoms with Crippen LogP contribution in [0.1, 0.15) is 29.9 Å². The van der Waals surface area contributed by atoms with Gasteiger partial charge in [0.1, 0.15) is 5.75 Å². The Balaban J connectivity index is 1.84. The average Bonchev–Trinajstić information content (AvgIpc) is 2.66. The number of ketones is 1. The lowest BCUT2D eigenvalue weighted by molar-refractivity contribution is -0.137. The number of rotatable bonds is 4. The van der Waals surface area contributed by atoms with Gasteiger partial charge in [-0.1, -0.05) is 48.5 Å². The van der Waals surface area contributed by atoms with Crippen molar-refractivity contribution in [3.63, 3.8) is 0 Å². The molecule has 0 spiro atoms. The molecular formula is C21H23NO2. The summed E-state index contributed by atoms with van der Waals surface area (Å²) in [4.78, 5) is 15.5. The molecule has 0 aliphatic carbocycles. The Morgan fingerprint density at radius 3 is 2.33 bits per heavy atom. The van der Waals surface area contributed by atoms with Crippen LogP contribution in [0.2, 0.25) is 0 Å². The van der Waals surface area contributed by atoms with Crippen LogP contribution < -0.4 is 4.74 Å². The maximum absolute atomic E-state index is 13.1. The first-order valence-electron chi connectivity index (χ1n) is 8.75. The largest absolute Gasteiger partial charge is 0.496 e. The number of methoxy groups -OCH3 is 1. The van der Waals surface area contributed by atoms with Crippen molar-refractivity contribution in [1.82, 2.24) is 4.90 Å². The van der Waals surface area contributed by atoms with Crippen molar-refractivity contribution < 1.29 is 9.53 Å². The molecule has 2 bridgehead atoms. The first-order chi connectivity index (χ1) is 11.8. The SMILES string of the molecule is COc1ccccc1C(c1ccccc1)C1C(=O)C2CCN1CC2. The topological polar surface area (TPSA) is 29.5 Å². The molecule has 0 radical (unpaired) electrons. The highest BCUT2D eigenvalue weighted by molar-refractivity contribution is 5.89.